The van der Waals surface area contributed by atoms with Crippen molar-refractivity contribution in [2.75, 3.05) is 0 Å². The molecule has 0 fully saturated rings. The Morgan fingerprint density at radius 1 is 1.67 bits per heavy atom. The topological polar surface area (TPSA) is 26.0 Å². The van der Waals surface area contributed by atoms with Gasteiger partial charge in [0.25, 0.3) is 0 Å². The van der Waals surface area contributed by atoms with Crippen molar-refractivity contribution in [1.82, 2.24) is 0 Å². The van der Waals surface area contributed by atoms with Crippen LogP contribution in [0.2, 0.25) is 0 Å². The molecule has 1 rings (SSSR count). The summed E-state index contributed by atoms with van der Waals surface area (Å²) >= 11 is 5.06. The third kappa shape index (κ3) is 1.53. The van der Waals surface area contributed by atoms with Crippen molar-refractivity contribution in [3.05, 3.63) is 20.8 Å². The van der Waals surface area contributed by atoms with Crippen LogP contribution in [-0.4, -0.2) is 0 Å². The molecule has 1 heterocycles. The first-order chi connectivity index (χ1) is 4.22. The predicted octanol–water partition coefficient (Wildman–Crippen LogP) is 2.53. The number of nitrogens with two attached hydrogens (primary N) is 1. The summed E-state index contributed by atoms with van der Waals surface area (Å²) in [6.07, 6.45) is 0. The summed E-state index contributed by atoms with van der Waals surface area (Å²) in [6.45, 7) is 1.98. The van der Waals surface area contributed by atoms with Crippen LogP contribution < -0.4 is 5.73 Å². The Labute approximate surface area is 67.0 Å². The lowest BCUT2D eigenvalue weighted by Gasteiger charge is -2.00. The average molecular weight is 206 g/mol. The molecular weight excluding hydrogens is 198 g/mol. The van der Waals surface area contributed by atoms with Gasteiger partial charge in [-0.25, -0.2) is 0 Å². The molecule has 0 aromatic carbocycles. The molecule has 0 aliphatic carbocycles. The Balaban J connectivity index is 2.94. The Morgan fingerprint density at radius 2 is 2.33 bits per heavy atom. The second-order valence-corrected chi connectivity index (χ2v) is 3.56. The van der Waals surface area contributed by atoms with E-state index in [2.05, 4.69) is 21.3 Å². The molecule has 0 spiro atoms. The molecule has 2 N–H and O–H groups in total. The van der Waals surface area contributed by atoms with Crippen molar-refractivity contribution < 1.29 is 0 Å². The van der Waals surface area contributed by atoms with Crippen LogP contribution in [0.15, 0.2) is 15.2 Å². The first-order valence-corrected chi connectivity index (χ1v) is 4.42. The predicted molar refractivity (Wildman–Crippen MR) is 44.6 cm³/mol. The van der Waals surface area contributed by atoms with Crippen LogP contribution in [0.25, 0.3) is 0 Å². The van der Waals surface area contributed by atoms with E-state index in [4.69, 9.17) is 5.73 Å². The quantitative estimate of drug-likeness (QED) is 0.750. The zero-order valence-corrected chi connectivity index (χ0v) is 7.50. The molecular formula is C6H8BrNS. The van der Waals surface area contributed by atoms with Gasteiger partial charge in [-0.2, -0.15) is 11.3 Å². The summed E-state index contributed by atoms with van der Waals surface area (Å²) in [5.74, 6) is 0. The van der Waals surface area contributed by atoms with Gasteiger partial charge in [0.1, 0.15) is 0 Å². The number of thiophene rings is 1. The minimum absolute atomic E-state index is 0.144. The van der Waals surface area contributed by atoms with Gasteiger partial charge in [0.05, 0.1) is 0 Å². The number of hydrogen-bond acceptors (Lipinski definition) is 2. The van der Waals surface area contributed by atoms with Crippen LogP contribution in [-0.2, 0) is 0 Å². The van der Waals surface area contributed by atoms with Crippen LogP contribution in [0.3, 0.4) is 0 Å². The second kappa shape index (κ2) is 2.82. The summed E-state index contributed by atoms with van der Waals surface area (Å²) in [7, 11) is 0. The lowest BCUT2D eigenvalue weighted by molar-refractivity contribution is 0.818. The van der Waals surface area contributed by atoms with E-state index >= 15 is 0 Å². The summed E-state index contributed by atoms with van der Waals surface area (Å²) in [6, 6.07) is 0.144. The van der Waals surface area contributed by atoms with Gasteiger partial charge in [0.15, 0.2) is 0 Å². The third-order valence-corrected chi connectivity index (χ3v) is 2.88. The molecule has 0 amide bonds. The van der Waals surface area contributed by atoms with Gasteiger partial charge in [0, 0.05) is 15.9 Å². The van der Waals surface area contributed by atoms with Crippen molar-refractivity contribution in [3.8, 4) is 0 Å². The second-order valence-electron chi connectivity index (χ2n) is 1.96. The average Bonchev–Trinajstić information content (AvgIpc) is 2.13. The van der Waals surface area contributed by atoms with Crippen LogP contribution in [0.5, 0.6) is 0 Å². The smallest absolute Gasteiger partial charge is 0.0329 e. The summed E-state index contributed by atoms with van der Waals surface area (Å²) in [5.41, 5.74) is 6.83. The lowest BCUT2D eigenvalue weighted by Crippen LogP contribution is -2.03. The zero-order chi connectivity index (χ0) is 6.85. The van der Waals surface area contributed by atoms with Crippen molar-refractivity contribution in [1.29, 1.82) is 0 Å². The molecule has 3 heteroatoms. The minimum atomic E-state index is 0.144. The maximum atomic E-state index is 5.64. The van der Waals surface area contributed by atoms with E-state index in [-0.39, 0.29) is 6.04 Å². The first kappa shape index (κ1) is 7.25. The molecule has 0 bridgehead atoms. The maximum absolute atomic E-state index is 5.64. The number of hydrogen-bond donors (Lipinski definition) is 1. The fourth-order valence-electron chi connectivity index (χ4n) is 0.616. The molecule has 1 nitrogen and oxygen atoms in total. The van der Waals surface area contributed by atoms with E-state index in [1.54, 1.807) is 11.3 Å². The monoisotopic (exact) mass is 205 g/mol. The summed E-state index contributed by atoms with van der Waals surface area (Å²) in [4.78, 5) is 0. The standard InChI is InChI=1S/C6H8BrNS/c1-4(8)5-2-9-3-6(5)7/h2-4H,8H2,1H3/t4-/m0/s1. The Kier molecular flexibility index (Phi) is 2.27. The molecule has 0 radical (unpaired) electrons. The lowest BCUT2D eigenvalue weighted by atomic mass is 10.2. The SMILES string of the molecule is C[C@H](N)c1cscc1Br. The van der Waals surface area contributed by atoms with Gasteiger partial charge in [-0.05, 0) is 33.8 Å². The van der Waals surface area contributed by atoms with E-state index < -0.39 is 0 Å². The van der Waals surface area contributed by atoms with E-state index in [9.17, 15) is 0 Å². The van der Waals surface area contributed by atoms with Crippen molar-refractivity contribution >= 4 is 27.3 Å². The molecule has 1 atom stereocenters. The fraction of sp³-hybridized carbons (Fsp3) is 0.333. The molecule has 50 valence electrons. The maximum Gasteiger partial charge on any atom is 0.0329 e. The van der Waals surface area contributed by atoms with E-state index in [1.807, 2.05) is 12.3 Å². The molecule has 9 heavy (non-hydrogen) atoms. The van der Waals surface area contributed by atoms with Crippen molar-refractivity contribution in [3.63, 3.8) is 0 Å². The highest BCUT2D eigenvalue weighted by Gasteiger charge is 2.03. The van der Waals surface area contributed by atoms with Crippen molar-refractivity contribution in [2.24, 2.45) is 5.73 Å². The molecule has 0 unspecified atom stereocenters. The van der Waals surface area contributed by atoms with E-state index in [1.165, 1.54) is 5.56 Å². The highest BCUT2D eigenvalue weighted by atomic mass is 79.9. The molecule has 0 saturated carbocycles. The normalized spacial score (nSPS) is 13.7. The Hall–Kier alpha value is 0.140. The molecule has 1 aromatic heterocycles. The van der Waals surface area contributed by atoms with Crippen LogP contribution in [0, 0.1) is 0 Å². The summed E-state index contributed by atoms with van der Waals surface area (Å²) in [5, 5.41) is 4.10. The van der Waals surface area contributed by atoms with Crippen molar-refractivity contribution in [2.45, 2.75) is 13.0 Å². The highest BCUT2D eigenvalue weighted by Crippen LogP contribution is 2.25. The molecule has 1 aromatic rings. The van der Waals surface area contributed by atoms with E-state index in [0.717, 1.165) is 4.47 Å². The van der Waals surface area contributed by atoms with Gasteiger partial charge in [0.2, 0.25) is 0 Å². The van der Waals surface area contributed by atoms with Crippen LogP contribution >= 0.6 is 27.3 Å². The van der Waals surface area contributed by atoms with Gasteiger partial charge < -0.3 is 5.73 Å². The van der Waals surface area contributed by atoms with Crippen LogP contribution in [0.1, 0.15) is 18.5 Å². The van der Waals surface area contributed by atoms with Gasteiger partial charge in [-0.15, -0.1) is 0 Å². The fourth-order valence-corrected chi connectivity index (χ4v) is 2.38. The number of halogens is 1. The van der Waals surface area contributed by atoms with Gasteiger partial charge in [-0.3, -0.25) is 0 Å². The molecule has 0 aliphatic heterocycles. The highest BCUT2D eigenvalue weighted by molar-refractivity contribution is 9.10. The molecule has 0 saturated heterocycles. The molecule has 0 aliphatic rings. The minimum Gasteiger partial charge on any atom is -0.324 e. The summed E-state index contributed by atoms with van der Waals surface area (Å²) < 4.78 is 1.13. The van der Waals surface area contributed by atoms with Gasteiger partial charge >= 0.3 is 0 Å². The van der Waals surface area contributed by atoms with Gasteiger partial charge in [-0.1, -0.05) is 0 Å². The third-order valence-electron chi connectivity index (χ3n) is 1.13. The largest absolute Gasteiger partial charge is 0.324 e. The first-order valence-electron chi connectivity index (χ1n) is 2.69. The van der Waals surface area contributed by atoms with Crippen LogP contribution in [0.4, 0.5) is 0 Å². The number of rotatable bonds is 1. The zero-order valence-electron chi connectivity index (χ0n) is 5.10. The van der Waals surface area contributed by atoms with E-state index in [0.29, 0.717) is 0 Å². The Morgan fingerprint density at radius 3 is 2.56 bits per heavy atom. The Bertz CT molecular complexity index is 195.